The maximum absolute atomic E-state index is 10.7. The van der Waals surface area contributed by atoms with Crippen LogP contribution in [-0.2, 0) is 4.79 Å². The third-order valence-corrected chi connectivity index (χ3v) is 4.65. The van der Waals surface area contributed by atoms with Gasteiger partial charge in [-0.2, -0.15) is 0 Å². The van der Waals surface area contributed by atoms with E-state index in [2.05, 4.69) is 19.2 Å². The van der Waals surface area contributed by atoms with E-state index in [0.717, 1.165) is 5.92 Å². The van der Waals surface area contributed by atoms with E-state index in [1.807, 2.05) is 0 Å². The Kier molecular flexibility index (Phi) is 2.07. The first-order valence-corrected chi connectivity index (χ1v) is 5.66. The first kappa shape index (κ1) is 9.34. The summed E-state index contributed by atoms with van der Waals surface area (Å²) in [6.45, 7) is 4.36. The lowest BCUT2D eigenvalue weighted by atomic mass is 10.1. The van der Waals surface area contributed by atoms with Crippen LogP contribution < -0.4 is 5.32 Å². The molecule has 0 amide bonds. The predicted molar refractivity (Wildman–Crippen MR) is 52.7 cm³/mol. The van der Waals surface area contributed by atoms with E-state index in [1.165, 1.54) is 6.42 Å². The molecule has 1 saturated heterocycles. The Morgan fingerprint density at radius 1 is 1.69 bits per heavy atom. The van der Waals surface area contributed by atoms with Crippen LogP contribution in [0.3, 0.4) is 0 Å². The van der Waals surface area contributed by atoms with Crippen LogP contribution in [0.5, 0.6) is 0 Å². The number of hydrogen-bond acceptors (Lipinski definition) is 3. The third-order valence-electron chi connectivity index (χ3n) is 3.13. The second-order valence-corrected chi connectivity index (χ2v) is 5.74. The number of thioether (sulfide) groups is 1. The van der Waals surface area contributed by atoms with Gasteiger partial charge in [-0.05, 0) is 25.2 Å². The van der Waals surface area contributed by atoms with Crippen molar-refractivity contribution in [3.63, 3.8) is 0 Å². The molecule has 1 heterocycles. The smallest absolute Gasteiger partial charge is 0.321 e. The normalized spacial score (nSPS) is 49.2. The topological polar surface area (TPSA) is 49.3 Å². The summed E-state index contributed by atoms with van der Waals surface area (Å²) in [6, 6.07) is -0.345. The van der Waals surface area contributed by atoms with Gasteiger partial charge in [0.05, 0.1) is 4.87 Å². The molecule has 1 aliphatic heterocycles. The Hall–Kier alpha value is -0.220. The number of carboxylic acid groups (broad SMARTS) is 1. The van der Waals surface area contributed by atoms with E-state index in [1.54, 1.807) is 11.8 Å². The molecule has 13 heavy (non-hydrogen) atoms. The van der Waals surface area contributed by atoms with Crippen molar-refractivity contribution >= 4 is 17.7 Å². The lowest BCUT2D eigenvalue weighted by molar-refractivity contribution is -0.138. The van der Waals surface area contributed by atoms with Gasteiger partial charge in [0.25, 0.3) is 0 Å². The SMILES string of the molecule is CC1CC1C1(C)NC(C(=O)O)CS1. The van der Waals surface area contributed by atoms with Gasteiger partial charge in [0.15, 0.2) is 0 Å². The summed E-state index contributed by atoms with van der Waals surface area (Å²) >= 11 is 1.76. The van der Waals surface area contributed by atoms with Crippen LogP contribution >= 0.6 is 11.8 Å². The van der Waals surface area contributed by atoms with Gasteiger partial charge in [0.1, 0.15) is 6.04 Å². The lowest BCUT2D eigenvalue weighted by Crippen LogP contribution is -2.44. The zero-order chi connectivity index (χ0) is 9.64. The molecule has 0 aromatic carbocycles. The molecule has 4 heteroatoms. The zero-order valence-corrected chi connectivity index (χ0v) is 8.73. The lowest BCUT2D eigenvalue weighted by Gasteiger charge is -2.24. The minimum Gasteiger partial charge on any atom is -0.480 e. The second-order valence-electron chi connectivity index (χ2n) is 4.27. The fourth-order valence-electron chi connectivity index (χ4n) is 2.12. The van der Waals surface area contributed by atoms with Crippen molar-refractivity contribution in [2.75, 3.05) is 5.75 Å². The maximum Gasteiger partial charge on any atom is 0.321 e. The minimum atomic E-state index is -0.718. The van der Waals surface area contributed by atoms with Gasteiger partial charge in [-0.3, -0.25) is 10.1 Å². The highest BCUT2D eigenvalue weighted by molar-refractivity contribution is 8.00. The van der Waals surface area contributed by atoms with Crippen molar-refractivity contribution in [2.24, 2.45) is 11.8 Å². The maximum atomic E-state index is 10.7. The van der Waals surface area contributed by atoms with E-state index >= 15 is 0 Å². The van der Waals surface area contributed by atoms with Crippen LogP contribution in [0, 0.1) is 11.8 Å². The highest BCUT2D eigenvalue weighted by Crippen LogP contribution is 2.52. The van der Waals surface area contributed by atoms with Crippen molar-refractivity contribution in [1.29, 1.82) is 0 Å². The van der Waals surface area contributed by atoms with Gasteiger partial charge >= 0.3 is 5.97 Å². The largest absolute Gasteiger partial charge is 0.480 e. The van der Waals surface area contributed by atoms with Crippen LogP contribution in [0.4, 0.5) is 0 Å². The number of aliphatic carboxylic acids is 1. The van der Waals surface area contributed by atoms with E-state index in [9.17, 15) is 4.79 Å². The van der Waals surface area contributed by atoms with Crippen molar-refractivity contribution in [3.8, 4) is 0 Å². The van der Waals surface area contributed by atoms with Crippen molar-refractivity contribution in [2.45, 2.75) is 31.2 Å². The molecule has 0 radical (unpaired) electrons. The van der Waals surface area contributed by atoms with Crippen LogP contribution in [0.25, 0.3) is 0 Å². The summed E-state index contributed by atoms with van der Waals surface area (Å²) in [7, 11) is 0. The zero-order valence-electron chi connectivity index (χ0n) is 7.91. The molecule has 1 aliphatic carbocycles. The van der Waals surface area contributed by atoms with Gasteiger partial charge in [-0.15, -0.1) is 11.8 Å². The summed E-state index contributed by atoms with van der Waals surface area (Å²) in [5.74, 6) is 1.42. The van der Waals surface area contributed by atoms with Crippen LogP contribution in [0.15, 0.2) is 0 Å². The first-order valence-electron chi connectivity index (χ1n) is 4.67. The summed E-state index contributed by atoms with van der Waals surface area (Å²) in [5, 5.41) is 12.1. The molecule has 2 rings (SSSR count). The number of rotatable bonds is 2. The quantitative estimate of drug-likeness (QED) is 0.703. The van der Waals surface area contributed by atoms with Gasteiger partial charge < -0.3 is 5.11 Å². The Labute approximate surface area is 82.3 Å². The Bertz CT molecular complexity index is 246. The highest BCUT2D eigenvalue weighted by atomic mass is 32.2. The highest BCUT2D eigenvalue weighted by Gasteiger charge is 2.52. The molecule has 2 fully saturated rings. The van der Waals surface area contributed by atoms with Crippen LogP contribution in [0.1, 0.15) is 20.3 Å². The molecule has 0 aromatic rings. The van der Waals surface area contributed by atoms with Gasteiger partial charge in [0.2, 0.25) is 0 Å². The van der Waals surface area contributed by atoms with Gasteiger partial charge in [-0.1, -0.05) is 6.92 Å². The molecule has 0 spiro atoms. The molecule has 1 saturated carbocycles. The molecule has 4 atom stereocenters. The second kappa shape index (κ2) is 2.89. The number of nitrogens with one attached hydrogen (secondary N) is 1. The number of carbonyl (C=O) groups is 1. The van der Waals surface area contributed by atoms with Crippen LogP contribution in [-0.4, -0.2) is 27.7 Å². The molecule has 0 aromatic heterocycles. The van der Waals surface area contributed by atoms with Crippen molar-refractivity contribution in [3.05, 3.63) is 0 Å². The average molecular weight is 201 g/mol. The van der Waals surface area contributed by atoms with Crippen molar-refractivity contribution < 1.29 is 9.90 Å². The summed E-state index contributed by atoms with van der Waals surface area (Å²) < 4.78 is 0. The molecule has 4 unspecified atom stereocenters. The van der Waals surface area contributed by atoms with E-state index < -0.39 is 5.97 Å². The average Bonchev–Trinajstić information content (AvgIpc) is 2.62. The van der Waals surface area contributed by atoms with E-state index in [-0.39, 0.29) is 10.9 Å². The van der Waals surface area contributed by atoms with Gasteiger partial charge in [-0.25, -0.2) is 0 Å². The van der Waals surface area contributed by atoms with Crippen LogP contribution in [0.2, 0.25) is 0 Å². The first-order chi connectivity index (χ1) is 6.03. The number of carboxylic acids is 1. The fraction of sp³-hybridized carbons (Fsp3) is 0.889. The van der Waals surface area contributed by atoms with Crippen molar-refractivity contribution in [1.82, 2.24) is 5.32 Å². The Balaban J connectivity index is 2.00. The fourth-order valence-corrected chi connectivity index (χ4v) is 3.63. The van der Waals surface area contributed by atoms with E-state index in [4.69, 9.17) is 5.11 Å². The van der Waals surface area contributed by atoms with E-state index in [0.29, 0.717) is 11.7 Å². The summed E-state index contributed by atoms with van der Waals surface area (Å²) in [4.78, 5) is 10.8. The summed E-state index contributed by atoms with van der Waals surface area (Å²) in [5.41, 5.74) is 0. The molecule has 3 nitrogen and oxygen atoms in total. The number of hydrogen-bond donors (Lipinski definition) is 2. The van der Waals surface area contributed by atoms with Gasteiger partial charge in [0, 0.05) is 5.75 Å². The molecule has 0 bridgehead atoms. The standard InChI is InChI=1S/C9H15NO2S/c1-5-3-6(5)9(2)10-7(4-13-9)8(11)12/h5-7,10H,3-4H2,1-2H3,(H,11,12). The molecule has 2 N–H and O–H groups in total. The molecular formula is C9H15NO2S. The molecule has 2 aliphatic rings. The predicted octanol–water partition coefficient (Wildman–Crippen LogP) is 1.15. The minimum absolute atomic E-state index is 0.0163. The molecular weight excluding hydrogens is 186 g/mol. The third kappa shape index (κ3) is 1.57. The Morgan fingerprint density at radius 2 is 2.31 bits per heavy atom. The molecule has 74 valence electrons. The Morgan fingerprint density at radius 3 is 2.69 bits per heavy atom. The summed E-state index contributed by atoms with van der Waals surface area (Å²) in [6.07, 6.45) is 1.24. The monoisotopic (exact) mass is 201 g/mol.